The summed E-state index contributed by atoms with van der Waals surface area (Å²) < 4.78 is -2.09. The molecule has 0 aromatic carbocycles. The lowest BCUT2D eigenvalue weighted by Crippen LogP contribution is -2.20. The topological polar surface area (TPSA) is 70.2 Å². The van der Waals surface area contributed by atoms with Crippen LogP contribution in [0.25, 0.3) is 0 Å². The molecule has 7 heteroatoms. The van der Waals surface area contributed by atoms with Crippen LogP contribution in [0.2, 0.25) is 0 Å². The molecule has 82 valence electrons. The number of carboxylic acid groups (broad SMARTS) is 1. The number of carbonyl (C=O) groups is 2. The number of H-pyrrole nitrogens is 1. The second kappa shape index (κ2) is 4.04. The lowest BCUT2D eigenvalue weighted by Gasteiger charge is -2.08. The molecule has 0 radical (unpaired) electrons. The number of halogens is 3. The number of Topliss-reactive ketones (excluding diaryl/α,β-unsaturated/α-hetero) is 1. The van der Waals surface area contributed by atoms with Gasteiger partial charge in [0.05, 0.1) is 11.3 Å². The summed E-state index contributed by atoms with van der Waals surface area (Å²) in [6.07, 6.45) is 1.18. The fraction of sp³-hybridized carbons (Fsp3) is 0.250. The molecule has 0 fully saturated rings. The highest BCUT2D eigenvalue weighted by Crippen LogP contribution is 2.31. The summed E-state index contributed by atoms with van der Waals surface area (Å²) in [6.45, 7) is 1.46. The van der Waals surface area contributed by atoms with E-state index in [0.717, 1.165) is 0 Å². The predicted molar refractivity (Wildman–Crippen MR) is 57.1 cm³/mol. The van der Waals surface area contributed by atoms with Crippen molar-refractivity contribution in [3.63, 3.8) is 0 Å². The van der Waals surface area contributed by atoms with Crippen LogP contribution in [0.1, 0.15) is 26.4 Å². The number of aromatic carboxylic acids is 1. The van der Waals surface area contributed by atoms with Gasteiger partial charge in [-0.15, -0.1) is 0 Å². The lowest BCUT2D eigenvalue weighted by molar-refractivity contribution is 0.0696. The van der Waals surface area contributed by atoms with Crippen molar-refractivity contribution in [2.75, 3.05) is 0 Å². The summed E-state index contributed by atoms with van der Waals surface area (Å²) in [5.74, 6) is -1.93. The van der Waals surface area contributed by atoms with E-state index in [9.17, 15) is 9.59 Å². The lowest BCUT2D eigenvalue weighted by atomic mass is 10.1. The fourth-order valence-corrected chi connectivity index (χ4v) is 1.38. The molecule has 1 heterocycles. The van der Waals surface area contributed by atoms with Crippen molar-refractivity contribution in [1.82, 2.24) is 4.98 Å². The van der Waals surface area contributed by atoms with E-state index in [-0.39, 0.29) is 16.8 Å². The number of carboxylic acids is 1. The van der Waals surface area contributed by atoms with E-state index in [4.69, 9.17) is 39.9 Å². The monoisotopic (exact) mass is 269 g/mol. The number of carbonyl (C=O) groups excluding carboxylic acids is 1. The Balaban J connectivity index is 3.19. The molecule has 0 aliphatic heterocycles. The second-order valence-electron chi connectivity index (χ2n) is 2.83. The Morgan fingerprint density at radius 2 is 1.93 bits per heavy atom. The molecule has 0 atom stereocenters. The zero-order chi connectivity index (χ0) is 11.8. The Labute approximate surface area is 100 Å². The molecule has 0 unspecified atom stereocenters. The quantitative estimate of drug-likeness (QED) is 0.641. The Bertz CT molecular complexity index is 419. The maximum Gasteiger partial charge on any atom is 0.337 e. The van der Waals surface area contributed by atoms with E-state index in [1.165, 1.54) is 13.1 Å². The highest BCUT2D eigenvalue weighted by atomic mass is 35.6. The summed E-state index contributed by atoms with van der Waals surface area (Å²) in [6, 6.07) is 0. The normalized spacial score (nSPS) is 11.5. The summed E-state index contributed by atoms with van der Waals surface area (Å²) in [5, 5.41) is 8.73. The van der Waals surface area contributed by atoms with Crippen LogP contribution in [0.5, 0.6) is 0 Å². The number of alkyl halides is 3. The summed E-state index contributed by atoms with van der Waals surface area (Å²) in [5.41, 5.74) is 0.221. The summed E-state index contributed by atoms with van der Waals surface area (Å²) in [7, 11) is 0. The van der Waals surface area contributed by atoms with Crippen LogP contribution in [-0.4, -0.2) is 25.6 Å². The maximum absolute atomic E-state index is 11.5. The Morgan fingerprint density at radius 3 is 2.27 bits per heavy atom. The Hall–Kier alpha value is -0.710. The largest absolute Gasteiger partial charge is 0.478 e. The van der Waals surface area contributed by atoms with Crippen molar-refractivity contribution in [2.24, 2.45) is 0 Å². The van der Waals surface area contributed by atoms with Gasteiger partial charge in [0.2, 0.25) is 5.78 Å². The molecule has 0 aliphatic rings. The molecule has 4 nitrogen and oxygen atoms in total. The maximum atomic E-state index is 11.5. The first-order chi connectivity index (χ1) is 6.75. The van der Waals surface area contributed by atoms with Gasteiger partial charge in [0, 0.05) is 6.20 Å². The molecule has 1 rings (SSSR count). The van der Waals surface area contributed by atoms with Gasteiger partial charge < -0.3 is 10.1 Å². The highest BCUT2D eigenvalue weighted by Gasteiger charge is 2.34. The van der Waals surface area contributed by atoms with E-state index in [1.807, 2.05) is 0 Å². The number of ketones is 1. The van der Waals surface area contributed by atoms with Gasteiger partial charge in [-0.2, -0.15) is 0 Å². The zero-order valence-electron chi connectivity index (χ0n) is 7.47. The van der Waals surface area contributed by atoms with Crippen LogP contribution >= 0.6 is 34.8 Å². The van der Waals surface area contributed by atoms with Gasteiger partial charge in [-0.05, 0) is 12.5 Å². The number of hydrogen-bond acceptors (Lipinski definition) is 2. The first kappa shape index (κ1) is 12.4. The van der Waals surface area contributed by atoms with Crippen molar-refractivity contribution in [3.8, 4) is 0 Å². The molecule has 1 aromatic heterocycles. The third-order valence-electron chi connectivity index (χ3n) is 1.85. The van der Waals surface area contributed by atoms with E-state index in [0.29, 0.717) is 0 Å². The highest BCUT2D eigenvalue weighted by molar-refractivity contribution is 6.77. The van der Waals surface area contributed by atoms with Crippen molar-refractivity contribution >= 4 is 46.6 Å². The third kappa shape index (κ3) is 2.45. The first-order valence-electron chi connectivity index (χ1n) is 3.78. The predicted octanol–water partition coefficient (Wildman–Crippen LogP) is 2.57. The van der Waals surface area contributed by atoms with E-state index >= 15 is 0 Å². The number of aromatic amines is 1. The van der Waals surface area contributed by atoms with Gasteiger partial charge in [-0.3, -0.25) is 4.79 Å². The number of aromatic nitrogens is 1. The molecular formula is C8H6Cl3NO3. The summed E-state index contributed by atoms with van der Waals surface area (Å²) >= 11 is 16.2. The molecular weight excluding hydrogens is 264 g/mol. The SMILES string of the molecule is Cc1c(C(=O)O)c[nH]c1C(=O)C(Cl)(Cl)Cl. The fourth-order valence-electron chi connectivity index (χ4n) is 1.10. The molecule has 0 amide bonds. The van der Waals surface area contributed by atoms with Gasteiger partial charge in [-0.1, -0.05) is 34.8 Å². The average Bonchev–Trinajstić information content (AvgIpc) is 2.44. The second-order valence-corrected chi connectivity index (χ2v) is 5.12. The van der Waals surface area contributed by atoms with Gasteiger partial charge in [0.25, 0.3) is 3.79 Å². The average molecular weight is 270 g/mol. The van der Waals surface area contributed by atoms with Crippen molar-refractivity contribution in [1.29, 1.82) is 0 Å². The van der Waals surface area contributed by atoms with Crippen molar-refractivity contribution < 1.29 is 14.7 Å². The van der Waals surface area contributed by atoms with Gasteiger partial charge in [0.15, 0.2) is 0 Å². The Morgan fingerprint density at radius 1 is 1.40 bits per heavy atom. The molecule has 0 aliphatic carbocycles. The van der Waals surface area contributed by atoms with Crippen LogP contribution in [0.15, 0.2) is 6.20 Å². The van der Waals surface area contributed by atoms with Gasteiger partial charge in [-0.25, -0.2) is 4.79 Å². The van der Waals surface area contributed by atoms with Crippen LogP contribution < -0.4 is 0 Å². The first-order valence-corrected chi connectivity index (χ1v) is 4.91. The van der Waals surface area contributed by atoms with Crippen LogP contribution in [0.4, 0.5) is 0 Å². The molecule has 0 saturated carbocycles. The molecule has 0 bridgehead atoms. The molecule has 0 saturated heterocycles. The third-order valence-corrected chi connectivity index (χ3v) is 2.37. The number of nitrogens with one attached hydrogen (secondary N) is 1. The van der Waals surface area contributed by atoms with E-state index in [1.54, 1.807) is 0 Å². The minimum atomic E-state index is -2.09. The van der Waals surface area contributed by atoms with Crippen LogP contribution in [-0.2, 0) is 0 Å². The standard InChI is InChI=1S/C8H6Cl3NO3/c1-3-4(7(14)15)2-12-5(3)6(13)8(9,10)11/h2,12H,1H3,(H,14,15). The summed E-state index contributed by atoms with van der Waals surface area (Å²) in [4.78, 5) is 24.7. The van der Waals surface area contributed by atoms with E-state index < -0.39 is 15.5 Å². The minimum Gasteiger partial charge on any atom is -0.478 e. The molecule has 1 aromatic rings. The minimum absolute atomic E-state index is 0.00704. The molecule has 2 N–H and O–H groups in total. The number of rotatable bonds is 2. The smallest absolute Gasteiger partial charge is 0.337 e. The molecule has 0 spiro atoms. The van der Waals surface area contributed by atoms with Gasteiger partial charge >= 0.3 is 5.97 Å². The van der Waals surface area contributed by atoms with Crippen molar-refractivity contribution in [2.45, 2.75) is 10.7 Å². The number of hydrogen-bond donors (Lipinski definition) is 2. The molecule has 15 heavy (non-hydrogen) atoms. The van der Waals surface area contributed by atoms with Crippen molar-refractivity contribution in [3.05, 3.63) is 23.0 Å². The zero-order valence-corrected chi connectivity index (χ0v) is 9.74. The van der Waals surface area contributed by atoms with E-state index in [2.05, 4.69) is 4.98 Å². The Kier molecular flexibility index (Phi) is 3.33. The van der Waals surface area contributed by atoms with Crippen LogP contribution in [0, 0.1) is 6.92 Å². The van der Waals surface area contributed by atoms with Crippen LogP contribution in [0.3, 0.4) is 0 Å². The van der Waals surface area contributed by atoms with Gasteiger partial charge in [0.1, 0.15) is 0 Å².